The normalized spacial score (nSPS) is 12.4. The van der Waals surface area contributed by atoms with Gasteiger partial charge in [0.25, 0.3) is 5.82 Å². The number of carboxylic acids is 2. The van der Waals surface area contributed by atoms with Crippen LogP contribution in [0.2, 0.25) is 0 Å². The molecule has 0 aromatic carbocycles. The second-order valence-corrected chi connectivity index (χ2v) is 3.83. The Hall–Kier alpha value is -1.37. The highest BCUT2D eigenvalue weighted by atomic mass is 79.9. The Bertz CT molecular complexity index is 382. The smallest absolute Gasteiger partial charge is 0.319 e. The summed E-state index contributed by atoms with van der Waals surface area (Å²) in [6.07, 6.45) is 2.80. The zero-order valence-electron chi connectivity index (χ0n) is 7.92. The van der Waals surface area contributed by atoms with Gasteiger partial charge in [0.2, 0.25) is 0 Å². The van der Waals surface area contributed by atoms with E-state index in [0.29, 0.717) is 5.82 Å². The molecule has 0 saturated heterocycles. The molecule has 0 aliphatic rings. The Morgan fingerprint density at radius 2 is 2.20 bits per heavy atom. The number of hydrogen-bond donors (Lipinski definition) is 2. The van der Waals surface area contributed by atoms with Gasteiger partial charge in [-0.05, 0) is 0 Å². The molecule has 0 fully saturated rings. The minimum atomic E-state index is -1.16. The summed E-state index contributed by atoms with van der Waals surface area (Å²) in [6, 6.07) is 0. The van der Waals surface area contributed by atoms with E-state index in [4.69, 9.17) is 10.2 Å². The fraction of sp³-hybridized carbons (Fsp3) is 0.375. The highest BCUT2D eigenvalue weighted by Crippen LogP contribution is 2.18. The van der Waals surface area contributed by atoms with Gasteiger partial charge >= 0.3 is 11.9 Å². The maximum absolute atomic E-state index is 10.9. The van der Waals surface area contributed by atoms with E-state index < -0.39 is 24.3 Å². The van der Waals surface area contributed by atoms with Crippen LogP contribution in [0.4, 0.5) is 0 Å². The van der Waals surface area contributed by atoms with Crippen LogP contribution < -0.4 is 4.57 Å². The number of carboxylic acid groups (broad SMARTS) is 2. The van der Waals surface area contributed by atoms with Gasteiger partial charge < -0.3 is 10.2 Å². The topological polar surface area (TPSA) is 83.4 Å². The lowest BCUT2D eigenvalue weighted by Gasteiger charge is -2.05. The van der Waals surface area contributed by atoms with Crippen molar-refractivity contribution in [2.75, 3.05) is 0 Å². The van der Waals surface area contributed by atoms with E-state index in [0.717, 1.165) is 0 Å². The Kier molecular flexibility index (Phi) is 3.46. The summed E-state index contributed by atoms with van der Waals surface area (Å²) in [4.78, 5) is 21.5. The van der Waals surface area contributed by atoms with Crippen molar-refractivity contribution in [1.29, 1.82) is 0 Å². The molecule has 1 heterocycles. The quantitative estimate of drug-likeness (QED) is 0.766. The molecule has 0 aliphatic carbocycles. The van der Waals surface area contributed by atoms with Crippen molar-refractivity contribution in [1.82, 2.24) is 3.59 Å². The molecule has 82 valence electrons. The molecule has 0 amide bonds. The SMILES string of the molecule is C[n+]1ccn(Br)c1C(CC(=O)O)C(=O)O. The van der Waals surface area contributed by atoms with Crippen molar-refractivity contribution in [2.24, 2.45) is 7.05 Å². The second kappa shape index (κ2) is 4.43. The first kappa shape index (κ1) is 11.7. The molecule has 0 saturated carbocycles. The average Bonchev–Trinajstić information content (AvgIpc) is 2.42. The molecule has 1 rings (SSSR count). The van der Waals surface area contributed by atoms with Gasteiger partial charge in [-0.1, -0.05) is 0 Å². The van der Waals surface area contributed by atoms with Gasteiger partial charge in [0.15, 0.2) is 22.1 Å². The van der Waals surface area contributed by atoms with Crippen LogP contribution in [-0.2, 0) is 16.6 Å². The van der Waals surface area contributed by atoms with Crippen LogP contribution in [0.15, 0.2) is 12.4 Å². The number of aliphatic carboxylic acids is 2. The minimum Gasteiger partial charge on any atom is -0.481 e. The third-order valence-corrected chi connectivity index (χ3v) is 2.59. The van der Waals surface area contributed by atoms with Crippen molar-refractivity contribution in [3.05, 3.63) is 18.2 Å². The van der Waals surface area contributed by atoms with Crippen molar-refractivity contribution < 1.29 is 24.4 Å². The lowest BCUT2D eigenvalue weighted by atomic mass is 10.1. The molecule has 2 N–H and O–H groups in total. The van der Waals surface area contributed by atoms with E-state index in [-0.39, 0.29) is 0 Å². The van der Waals surface area contributed by atoms with E-state index in [9.17, 15) is 9.59 Å². The first-order chi connectivity index (χ1) is 6.93. The van der Waals surface area contributed by atoms with E-state index in [1.54, 1.807) is 24.0 Å². The number of halogens is 1. The van der Waals surface area contributed by atoms with Gasteiger partial charge in [-0.3, -0.25) is 9.59 Å². The summed E-state index contributed by atoms with van der Waals surface area (Å²) < 4.78 is 2.99. The number of rotatable bonds is 4. The molecule has 0 bridgehead atoms. The molecule has 1 aromatic rings. The summed E-state index contributed by atoms with van der Waals surface area (Å²) in [6.45, 7) is 0. The van der Waals surface area contributed by atoms with Gasteiger partial charge in [0.05, 0.1) is 13.5 Å². The lowest BCUT2D eigenvalue weighted by molar-refractivity contribution is -0.678. The number of carbonyl (C=O) groups is 2. The highest BCUT2D eigenvalue weighted by molar-refractivity contribution is 9.08. The van der Waals surface area contributed by atoms with Crippen molar-refractivity contribution in [3.8, 4) is 0 Å². The molecular formula is C8H10BrN2O4+. The van der Waals surface area contributed by atoms with E-state index >= 15 is 0 Å². The van der Waals surface area contributed by atoms with Crippen LogP contribution in [0.1, 0.15) is 18.2 Å². The summed E-state index contributed by atoms with van der Waals surface area (Å²) in [5.74, 6) is -2.99. The fourth-order valence-electron chi connectivity index (χ4n) is 1.32. The van der Waals surface area contributed by atoms with Crippen molar-refractivity contribution >= 4 is 28.1 Å². The Morgan fingerprint density at radius 3 is 2.53 bits per heavy atom. The third kappa shape index (κ3) is 2.56. The Morgan fingerprint density at radius 1 is 1.60 bits per heavy atom. The molecule has 15 heavy (non-hydrogen) atoms. The van der Waals surface area contributed by atoms with Gasteiger partial charge in [-0.25, -0.2) is 4.57 Å². The number of hydrogen-bond acceptors (Lipinski definition) is 2. The predicted octanol–water partition coefficient (Wildman–Crippen LogP) is 0.114. The van der Waals surface area contributed by atoms with Crippen LogP contribution in [-0.4, -0.2) is 25.7 Å². The number of nitrogens with zero attached hydrogens (tertiary/aromatic N) is 2. The maximum atomic E-state index is 10.9. The van der Waals surface area contributed by atoms with Crippen LogP contribution in [0.5, 0.6) is 0 Å². The van der Waals surface area contributed by atoms with Crippen LogP contribution in [0.3, 0.4) is 0 Å². The fourth-order valence-corrected chi connectivity index (χ4v) is 1.92. The Labute approximate surface area is 94.1 Å². The van der Waals surface area contributed by atoms with Crippen LogP contribution in [0.25, 0.3) is 0 Å². The number of aromatic nitrogens is 2. The molecule has 7 heteroatoms. The molecule has 0 spiro atoms. The van der Waals surface area contributed by atoms with E-state index in [1.165, 1.54) is 3.59 Å². The van der Waals surface area contributed by atoms with Gasteiger partial charge in [-0.15, -0.1) is 0 Å². The first-order valence-electron chi connectivity index (χ1n) is 4.11. The third-order valence-electron chi connectivity index (χ3n) is 1.99. The van der Waals surface area contributed by atoms with Crippen LogP contribution in [0, 0.1) is 0 Å². The molecule has 0 radical (unpaired) electrons. The van der Waals surface area contributed by atoms with E-state index in [2.05, 4.69) is 16.1 Å². The predicted molar refractivity (Wildman–Crippen MR) is 52.6 cm³/mol. The lowest BCUT2D eigenvalue weighted by Crippen LogP contribution is -2.36. The minimum absolute atomic E-state index is 0.380. The summed E-state index contributed by atoms with van der Waals surface area (Å²) in [5, 5.41) is 17.5. The summed E-state index contributed by atoms with van der Waals surface area (Å²) in [7, 11) is 1.66. The maximum Gasteiger partial charge on any atom is 0.319 e. The standard InChI is InChI=1S/C8H9BrN2O4/c1-10-2-3-11(9)7(10)5(8(14)15)4-6(12)13/h2-3,5H,4H2,1H3,(H-,12,13,14,15)/p+1. The van der Waals surface area contributed by atoms with Crippen LogP contribution >= 0.6 is 16.1 Å². The molecule has 1 aromatic heterocycles. The van der Waals surface area contributed by atoms with Gasteiger partial charge in [-0.2, -0.15) is 3.59 Å². The zero-order chi connectivity index (χ0) is 11.6. The monoisotopic (exact) mass is 277 g/mol. The first-order valence-corrected chi connectivity index (χ1v) is 4.82. The van der Waals surface area contributed by atoms with E-state index in [1.807, 2.05) is 0 Å². The van der Waals surface area contributed by atoms with Crippen molar-refractivity contribution in [3.63, 3.8) is 0 Å². The van der Waals surface area contributed by atoms with Gasteiger partial charge in [0, 0.05) is 0 Å². The molecule has 1 atom stereocenters. The highest BCUT2D eigenvalue weighted by Gasteiger charge is 2.33. The number of aryl methyl sites for hydroxylation is 1. The second-order valence-electron chi connectivity index (χ2n) is 3.07. The van der Waals surface area contributed by atoms with Gasteiger partial charge in [0.1, 0.15) is 12.4 Å². The zero-order valence-corrected chi connectivity index (χ0v) is 9.51. The molecule has 6 nitrogen and oxygen atoms in total. The Balaban J connectivity index is 3.09. The molecule has 0 aliphatic heterocycles. The number of imidazole rings is 1. The summed E-state index contributed by atoms with van der Waals surface area (Å²) >= 11 is 3.12. The average molecular weight is 278 g/mol. The van der Waals surface area contributed by atoms with Crippen molar-refractivity contribution in [2.45, 2.75) is 12.3 Å². The molecule has 1 unspecified atom stereocenters. The molecular weight excluding hydrogens is 268 g/mol. The largest absolute Gasteiger partial charge is 0.481 e. The summed E-state index contributed by atoms with van der Waals surface area (Å²) in [5.41, 5.74) is 0.